The van der Waals surface area contributed by atoms with Crippen LogP contribution < -0.4 is 11.1 Å². The first-order valence-corrected chi connectivity index (χ1v) is 7.85. The lowest BCUT2D eigenvalue weighted by molar-refractivity contribution is -0.117. The van der Waals surface area contributed by atoms with Crippen molar-refractivity contribution in [1.82, 2.24) is 4.90 Å². The SMILES string of the molecule is CC1CC(CN)CN1CC(=O)Nc1ccc(Br)cc1Cl. The first-order valence-electron chi connectivity index (χ1n) is 6.68. The number of nitrogens with one attached hydrogen (secondary N) is 1. The van der Waals surface area contributed by atoms with Gasteiger partial charge in [-0.05, 0) is 44.0 Å². The van der Waals surface area contributed by atoms with Gasteiger partial charge in [0.1, 0.15) is 0 Å². The van der Waals surface area contributed by atoms with Gasteiger partial charge in [0, 0.05) is 17.1 Å². The maximum Gasteiger partial charge on any atom is 0.238 e. The van der Waals surface area contributed by atoms with E-state index in [-0.39, 0.29) is 5.91 Å². The molecule has 0 saturated carbocycles. The number of carbonyl (C=O) groups excluding carboxylic acids is 1. The van der Waals surface area contributed by atoms with Crippen LogP contribution in [-0.2, 0) is 4.79 Å². The quantitative estimate of drug-likeness (QED) is 0.868. The van der Waals surface area contributed by atoms with Crippen molar-refractivity contribution in [3.63, 3.8) is 0 Å². The van der Waals surface area contributed by atoms with Crippen molar-refractivity contribution in [1.29, 1.82) is 0 Å². The van der Waals surface area contributed by atoms with Crippen LogP contribution in [0.1, 0.15) is 13.3 Å². The van der Waals surface area contributed by atoms with Crippen LogP contribution in [0, 0.1) is 5.92 Å². The standard InChI is InChI=1S/C14H19BrClN3O/c1-9-4-10(6-17)7-19(9)8-14(20)18-13-3-2-11(15)5-12(13)16/h2-3,5,9-10H,4,6-8,17H2,1H3,(H,18,20). The van der Waals surface area contributed by atoms with Crippen molar-refractivity contribution in [2.45, 2.75) is 19.4 Å². The topological polar surface area (TPSA) is 58.4 Å². The van der Waals surface area contributed by atoms with Crippen LogP contribution in [-0.4, -0.2) is 36.5 Å². The van der Waals surface area contributed by atoms with Crippen molar-refractivity contribution in [3.05, 3.63) is 27.7 Å². The Balaban J connectivity index is 1.92. The van der Waals surface area contributed by atoms with E-state index in [4.69, 9.17) is 17.3 Å². The minimum atomic E-state index is -0.0428. The number of halogens is 2. The monoisotopic (exact) mass is 359 g/mol. The summed E-state index contributed by atoms with van der Waals surface area (Å²) in [6, 6.07) is 5.81. The van der Waals surface area contributed by atoms with E-state index >= 15 is 0 Å². The average Bonchev–Trinajstić information content (AvgIpc) is 2.74. The van der Waals surface area contributed by atoms with Crippen LogP contribution in [0.25, 0.3) is 0 Å². The fourth-order valence-corrected chi connectivity index (χ4v) is 3.29. The predicted octanol–water partition coefficient (Wildman–Crippen LogP) is 2.71. The fraction of sp³-hybridized carbons (Fsp3) is 0.500. The summed E-state index contributed by atoms with van der Waals surface area (Å²) >= 11 is 9.43. The number of nitrogens with two attached hydrogens (primary N) is 1. The molecule has 0 aromatic heterocycles. The van der Waals surface area contributed by atoms with Crippen molar-refractivity contribution < 1.29 is 4.79 Å². The summed E-state index contributed by atoms with van der Waals surface area (Å²) in [4.78, 5) is 14.3. The molecule has 1 fully saturated rings. The number of rotatable bonds is 4. The first-order chi connectivity index (χ1) is 9.49. The van der Waals surface area contributed by atoms with Gasteiger partial charge < -0.3 is 11.1 Å². The normalized spacial score (nSPS) is 23.0. The molecule has 0 spiro atoms. The van der Waals surface area contributed by atoms with E-state index in [1.54, 1.807) is 12.1 Å². The van der Waals surface area contributed by atoms with E-state index in [9.17, 15) is 4.79 Å². The molecule has 110 valence electrons. The summed E-state index contributed by atoms with van der Waals surface area (Å²) < 4.78 is 0.888. The molecule has 3 N–H and O–H groups in total. The molecule has 4 nitrogen and oxygen atoms in total. The summed E-state index contributed by atoms with van der Waals surface area (Å²) in [5.41, 5.74) is 6.34. The lowest BCUT2D eigenvalue weighted by Crippen LogP contribution is -2.36. The van der Waals surface area contributed by atoms with Crippen LogP contribution in [0.3, 0.4) is 0 Å². The Hall–Kier alpha value is -0.620. The molecule has 0 bridgehead atoms. The second-order valence-corrected chi connectivity index (χ2v) is 6.61. The number of hydrogen-bond donors (Lipinski definition) is 2. The molecule has 20 heavy (non-hydrogen) atoms. The van der Waals surface area contributed by atoms with Gasteiger partial charge in [0.2, 0.25) is 5.91 Å². The Kier molecular flexibility index (Phi) is 5.43. The van der Waals surface area contributed by atoms with Gasteiger partial charge in [-0.3, -0.25) is 9.69 Å². The molecule has 6 heteroatoms. The highest BCUT2D eigenvalue weighted by atomic mass is 79.9. The van der Waals surface area contributed by atoms with Crippen molar-refractivity contribution >= 4 is 39.1 Å². The predicted molar refractivity (Wildman–Crippen MR) is 86.0 cm³/mol. The number of hydrogen-bond acceptors (Lipinski definition) is 3. The molecule has 1 amide bonds. The number of nitrogens with zero attached hydrogens (tertiary/aromatic N) is 1. The number of likely N-dealkylation sites (tertiary alicyclic amines) is 1. The van der Waals surface area contributed by atoms with E-state index < -0.39 is 0 Å². The molecule has 2 rings (SSSR count). The van der Waals surface area contributed by atoms with Gasteiger partial charge in [0.15, 0.2) is 0 Å². The molecule has 1 heterocycles. The molecule has 0 aliphatic carbocycles. The third kappa shape index (κ3) is 3.95. The largest absolute Gasteiger partial charge is 0.330 e. The maximum atomic E-state index is 12.1. The van der Waals surface area contributed by atoms with Gasteiger partial charge in [-0.2, -0.15) is 0 Å². The highest BCUT2D eigenvalue weighted by Gasteiger charge is 2.29. The maximum absolute atomic E-state index is 12.1. The van der Waals surface area contributed by atoms with E-state index in [0.29, 0.717) is 35.8 Å². The van der Waals surface area contributed by atoms with Gasteiger partial charge in [-0.25, -0.2) is 0 Å². The Morgan fingerprint density at radius 3 is 2.95 bits per heavy atom. The van der Waals surface area contributed by atoms with Gasteiger partial charge >= 0.3 is 0 Å². The zero-order valence-corrected chi connectivity index (χ0v) is 13.7. The third-order valence-corrected chi connectivity index (χ3v) is 4.48. The third-order valence-electron chi connectivity index (χ3n) is 3.68. The van der Waals surface area contributed by atoms with Crippen LogP contribution in [0.5, 0.6) is 0 Å². The molecule has 1 aromatic carbocycles. The number of benzene rings is 1. The average molecular weight is 361 g/mol. The highest BCUT2D eigenvalue weighted by Crippen LogP contribution is 2.26. The summed E-state index contributed by atoms with van der Waals surface area (Å²) in [6.45, 7) is 4.08. The van der Waals surface area contributed by atoms with Crippen LogP contribution >= 0.6 is 27.5 Å². The lowest BCUT2D eigenvalue weighted by atomic mass is 10.1. The molecule has 2 atom stereocenters. The summed E-state index contributed by atoms with van der Waals surface area (Å²) in [5, 5.41) is 3.38. The molecule has 1 saturated heterocycles. The zero-order valence-electron chi connectivity index (χ0n) is 11.4. The summed E-state index contributed by atoms with van der Waals surface area (Å²) in [6.07, 6.45) is 1.06. The zero-order chi connectivity index (χ0) is 14.7. The van der Waals surface area contributed by atoms with E-state index in [1.165, 1.54) is 0 Å². The van der Waals surface area contributed by atoms with Gasteiger partial charge in [-0.1, -0.05) is 27.5 Å². The minimum absolute atomic E-state index is 0.0428. The minimum Gasteiger partial charge on any atom is -0.330 e. The van der Waals surface area contributed by atoms with E-state index in [2.05, 4.69) is 33.1 Å². The van der Waals surface area contributed by atoms with Crippen LogP contribution in [0.4, 0.5) is 5.69 Å². The molecule has 2 unspecified atom stereocenters. The number of amides is 1. The van der Waals surface area contributed by atoms with Crippen LogP contribution in [0.2, 0.25) is 5.02 Å². The summed E-state index contributed by atoms with van der Waals surface area (Å²) in [7, 11) is 0. The first kappa shape index (κ1) is 15.8. The Morgan fingerprint density at radius 2 is 2.35 bits per heavy atom. The fourth-order valence-electron chi connectivity index (χ4n) is 2.57. The van der Waals surface area contributed by atoms with Gasteiger partial charge in [0.05, 0.1) is 17.3 Å². The van der Waals surface area contributed by atoms with Gasteiger partial charge in [0.25, 0.3) is 0 Å². The second-order valence-electron chi connectivity index (χ2n) is 5.29. The van der Waals surface area contributed by atoms with Crippen molar-refractivity contribution in [3.8, 4) is 0 Å². The van der Waals surface area contributed by atoms with Crippen LogP contribution in [0.15, 0.2) is 22.7 Å². The number of carbonyl (C=O) groups is 1. The molecule has 1 aliphatic rings. The summed E-state index contributed by atoms with van der Waals surface area (Å²) in [5.74, 6) is 0.452. The highest BCUT2D eigenvalue weighted by molar-refractivity contribution is 9.10. The lowest BCUT2D eigenvalue weighted by Gasteiger charge is -2.20. The van der Waals surface area contributed by atoms with Crippen molar-refractivity contribution in [2.75, 3.05) is 25.0 Å². The Bertz CT molecular complexity index is 497. The molecular weight excluding hydrogens is 342 g/mol. The molecule has 0 radical (unpaired) electrons. The molecule has 1 aliphatic heterocycles. The molecular formula is C14H19BrClN3O. The molecule has 1 aromatic rings. The Morgan fingerprint density at radius 1 is 1.60 bits per heavy atom. The van der Waals surface area contributed by atoms with E-state index in [1.807, 2.05) is 6.07 Å². The number of anilines is 1. The van der Waals surface area contributed by atoms with Gasteiger partial charge in [-0.15, -0.1) is 0 Å². The smallest absolute Gasteiger partial charge is 0.238 e. The second kappa shape index (κ2) is 6.89. The Labute approximate surface area is 132 Å². The van der Waals surface area contributed by atoms with Crippen molar-refractivity contribution in [2.24, 2.45) is 11.7 Å². The van der Waals surface area contributed by atoms with E-state index in [0.717, 1.165) is 17.4 Å².